The number of thiophene rings is 1. The topological polar surface area (TPSA) is 89.3 Å². The number of halogens is 2. The fourth-order valence-corrected chi connectivity index (χ4v) is 5.50. The second-order valence-corrected chi connectivity index (χ2v) is 8.96. The zero-order valence-electron chi connectivity index (χ0n) is 12.6. The monoisotopic (exact) mass is 416 g/mol. The summed E-state index contributed by atoms with van der Waals surface area (Å²) in [4.78, 5) is 10.3. The van der Waals surface area contributed by atoms with Crippen LogP contribution in [0.2, 0.25) is 10.0 Å². The standard InChI is InChI=1S/C15H10Cl2N2O4S2/c1-8-11-6-9(16)2-5-14(11)24-15(8)25(22,23)18-10-3-4-12(17)13(7-10)19(20)21/h2-7,18H,1H3. The number of anilines is 1. The number of rotatable bonds is 4. The molecule has 1 heterocycles. The van der Waals surface area contributed by atoms with Gasteiger partial charge in [0.05, 0.1) is 10.6 Å². The molecule has 0 radical (unpaired) electrons. The van der Waals surface area contributed by atoms with E-state index in [1.165, 1.54) is 12.1 Å². The second kappa shape index (κ2) is 6.45. The summed E-state index contributed by atoms with van der Waals surface area (Å²) < 4.78 is 28.7. The lowest BCUT2D eigenvalue weighted by Gasteiger charge is -2.07. The van der Waals surface area contributed by atoms with E-state index in [2.05, 4.69) is 4.72 Å². The van der Waals surface area contributed by atoms with Crippen molar-refractivity contribution >= 4 is 66.0 Å². The number of nitro benzene ring substituents is 1. The largest absolute Gasteiger partial charge is 0.289 e. The summed E-state index contributed by atoms with van der Waals surface area (Å²) in [6, 6.07) is 8.86. The highest BCUT2D eigenvalue weighted by atomic mass is 35.5. The van der Waals surface area contributed by atoms with Gasteiger partial charge in [0.2, 0.25) is 0 Å². The van der Waals surface area contributed by atoms with Gasteiger partial charge < -0.3 is 0 Å². The first kappa shape index (κ1) is 17.9. The Morgan fingerprint density at radius 3 is 2.56 bits per heavy atom. The Morgan fingerprint density at radius 1 is 1.16 bits per heavy atom. The van der Waals surface area contributed by atoms with Crippen LogP contribution >= 0.6 is 34.5 Å². The zero-order chi connectivity index (χ0) is 18.4. The van der Waals surface area contributed by atoms with Crippen molar-refractivity contribution in [3.8, 4) is 0 Å². The van der Waals surface area contributed by atoms with Crippen molar-refractivity contribution in [2.24, 2.45) is 0 Å². The number of sulfonamides is 1. The van der Waals surface area contributed by atoms with E-state index < -0.39 is 14.9 Å². The summed E-state index contributed by atoms with van der Waals surface area (Å²) >= 11 is 12.8. The average molecular weight is 417 g/mol. The summed E-state index contributed by atoms with van der Waals surface area (Å²) in [5.74, 6) is 0. The molecular formula is C15H10Cl2N2O4S2. The van der Waals surface area contributed by atoms with Crippen LogP contribution in [0.5, 0.6) is 0 Å². The van der Waals surface area contributed by atoms with E-state index in [9.17, 15) is 18.5 Å². The van der Waals surface area contributed by atoms with Crippen molar-refractivity contribution in [2.45, 2.75) is 11.1 Å². The van der Waals surface area contributed by atoms with Crippen molar-refractivity contribution in [1.29, 1.82) is 0 Å². The van der Waals surface area contributed by atoms with Crippen LogP contribution in [0.4, 0.5) is 11.4 Å². The lowest BCUT2D eigenvalue weighted by Crippen LogP contribution is -2.12. The van der Waals surface area contributed by atoms with E-state index in [1.54, 1.807) is 25.1 Å². The molecular weight excluding hydrogens is 407 g/mol. The molecule has 0 saturated carbocycles. The molecule has 0 spiro atoms. The third-order valence-corrected chi connectivity index (χ3v) is 7.32. The van der Waals surface area contributed by atoms with Crippen molar-refractivity contribution in [3.05, 3.63) is 62.1 Å². The van der Waals surface area contributed by atoms with Crippen LogP contribution in [0.15, 0.2) is 40.6 Å². The van der Waals surface area contributed by atoms with Gasteiger partial charge in [0.15, 0.2) is 0 Å². The molecule has 0 aliphatic carbocycles. The van der Waals surface area contributed by atoms with Crippen LogP contribution in [0.1, 0.15) is 5.56 Å². The molecule has 0 unspecified atom stereocenters. The minimum Gasteiger partial charge on any atom is -0.279 e. The Morgan fingerprint density at radius 2 is 1.88 bits per heavy atom. The molecule has 10 heteroatoms. The third-order valence-electron chi connectivity index (χ3n) is 3.49. The summed E-state index contributed by atoms with van der Waals surface area (Å²) in [5, 5.41) is 12.1. The van der Waals surface area contributed by atoms with Gasteiger partial charge in [0, 0.05) is 15.8 Å². The molecule has 0 fully saturated rings. The van der Waals surface area contributed by atoms with Gasteiger partial charge in [-0.2, -0.15) is 0 Å². The molecule has 2 aromatic carbocycles. The van der Waals surface area contributed by atoms with Gasteiger partial charge in [-0.15, -0.1) is 11.3 Å². The van der Waals surface area contributed by atoms with Gasteiger partial charge in [-0.05, 0) is 48.2 Å². The summed E-state index contributed by atoms with van der Waals surface area (Å²) in [6.07, 6.45) is 0. The van der Waals surface area contributed by atoms with Gasteiger partial charge >= 0.3 is 0 Å². The van der Waals surface area contributed by atoms with Crippen LogP contribution < -0.4 is 4.72 Å². The maximum Gasteiger partial charge on any atom is 0.289 e. The Hall–Kier alpha value is -1.87. The van der Waals surface area contributed by atoms with Gasteiger partial charge in [-0.3, -0.25) is 14.8 Å². The molecule has 130 valence electrons. The summed E-state index contributed by atoms with van der Waals surface area (Å²) in [6.45, 7) is 1.69. The van der Waals surface area contributed by atoms with E-state index in [-0.39, 0.29) is 20.6 Å². The van der Waals surface area contributed by atoms with E-state index in [4.69, 9.17) is 23.2 Å². The molecule has 25 heavy (non-hydrogen) atoms. The molecule has 6 nitrogen and oxygen atoms in total. The number of hydrogen-bond acceptors (Lipinski definition) is 5. The molecule has 1 aromatic heterocycles. The highest BCUT2D eigenvalue weighted by Crippen LogP contribution is 2.37. The quantitative estimate of drug-likeness (QED) is 0.465. The number of nitrogens with one attached hydrogen (secondary N) is 1. The van der Waals surface area contributed by atoms with Crippen molar-refractivity contribution in [2.75, 3.05) is 4.72 Å². The summed E-state index contributed by atoms with van der Waals surface area (Å²) in [7, 11) is -3.91. The summed E-state index contributed by atoms with van der Waals surface area (Å²) in [5.41, 5.74) is 0.256. The van der Waals surface area contributed by atoms with Crippen LogP contribution in [-0.2, 0) is 10.0 Å². The highest BCUT2D eigenvalue weighted by molar-refractivity contribution is 7.94. The van der Waals surface area contributed by atoms with Crippen LogP contribution in [-0.4, -0.2) is 13.3 Å². The van der Waals surface area contributed by atoms with E-state index in [0.717, 1.165) is 27.5 Å². The molecule has 0 aliphatic rings. The first-order chi connectivity index (χ1) is 11.7. The molecule has 0 bridgehead atoms. The maximum atomic E-state index is 12.7. The highest BCUT2D eigenvalue weighted by Gasteiger charge is 2.23. The van der Waals surface area contributed by atoms with Crippen molar-refractivity contribution < 1.29 is 13.3 Å². The van der Waals surface area contributed by atoms with Crippen LogP contribution in [0, 0.1) is 17.0 Å². The maximum absolute atomic E-state index is 12.7. The molecule has 0 aliphatic heterocycles. The van der Waals surface area contributed by atoms with Gasteiger partial charge in [0.25, 0.3) is 15.7 Å². The lowest BCUT2D eigenvalue weighted by molar-refractivity contribution is -0.384. The van der Waals surface area contributed by atoms with Gasteiger partial charge in [0.1, 0.15) is 9.23 Å². The molecule has 3 rings (SSSR count). The third kappa shape index (κ3) is 3.43. The number of nitro groups is 1. The zero-order valence-corrected chi connectivity index (χ0v) is 15.8. The fourth-order valence-electron chi connectivity index (χ4n) is 2.34. The Bertz CT molecular complexity index is 1110. The predicted octanol–water partition coefficient (Wildman–Crippen LogP) is 5.23. The van der Waals surface area contributed by atoms with Gasteiger partial charge in [-0.25, -0.2) is 8.42 Å². The van der Waals surface area contributed by atoms with Crippen molar-refractivity contribution in [1.82, 2.24) is 0 Å². The first-order valence-electron chi connectivity index (χ1n) is 6.84. The SMILES string of the molecule is Cc1c(S(=O)(=O)Nc2ccc(Cl)c([N+](=O)[O-])c2)sc2ccc(Cl)cc12. The lowest BCUT2D eigenvalue weighted by atomic mass is 10.2. The Labute approximate surface area is 157 Å². The number of aryl methyl sites for hydroxylation is 1. The smallest absolute Gasteiger partial charge is 0.279 e. The number of fused-ring (bicyclic) bond motifs is 1. The average Bonchev–Trinajstić information content (AvgIpc) is 2.86. The fraction of sp³-hybridized carbons (Fsp3) is 0.0667. The minimum atomic E-state index is -3.91. The Kier molecular flexibility index (Phi) is 4.63. The second-order valence-electron chi connectivity index (χ2n) is 5.18. The van der Waals surface area contributed by atoms with Crippen LogP contribution in [0.25, 0.3) is 10.1 Å². The van der Waals surface area contributed by atoms with Gasteiger partial charge in [-0.1, -0.05) is 23.2 Å². The number of benzene rings is 2. The minimum absolute atomic E-state index is 0.0611. The predicted molar refractivity (Wildman–Crippen MR) is 100 cm³/mol. The molecule has 0 atom stereocenters. The van der Waals surface area contributed by atoms with E-state index in [1.807, 2.05) is 0 Å². The molecule has 3 aromatic rings. The number of nitrogens with zero attached hydrogens (tertiary/aromatic N) is 1. The normalized spacial score (nSPS) is 11.6. The molecule has 1 N–H and O–H groups in total. The first-order valence-corrected chi connectivity index (χ1v) is 9.90. The van der Waals surface area contributed by atoms with Crippen molar-refractivity contribution in [3.63, 3.8) is 0 Å². The van der Waals surface area contributed by atoms with E-state index >= 15 is 0 Å². The molecule has 0 saturated heterocycles. The molecule has 0 amide bonds. The Balaban J connectivity index is 2.05. The number of hydrogen-bond donors (Lipinski definition) is 1. The van der Waals surface area contributed by atoms with E-state index in [0.29, 0.717) is 10.6 Å². The van der Waals surface area contributed by atoms with Crippen LogP contribution in [0.3, 0.4) is 0 Å².